The van der Waals surface area contributed by atoms with Gasteiger partial charge in [-0.25, -0.2) is 9.97 Å². The normalized spacial score (nSPS) is 11.1. The standard InChI is InChI=1S/C9H15N3O2/c1-9(2,6-13)14-8-11-4-7(10-3)5-12-8/h4-5,10,13H,6H2,1-3H3. The van der Waals surface area contributed by atoms with Gasteiger partial charge in [-0.15, -0.1) is 0 Å². The van der Waals surface area contributed by atoms with Gasteiger partial charge in [-0.3, -0.25) is 0 Å². The van der Waals surface area contributed by atoms with Crippen LogP contribution in [-0.2, 0) is 0 Å². The molecule has 1 rings (SSSR count). The summed E-state index contributed by atoms with van der Waals surface area (Å²) in [6, 6.07) is 0.267. The number of nitrogens with zero attached hydrogens (tertiary/aromatic N) is 2. The van der Waals surface area contributed by atoms with E-state index in [0.29, 0.717) is 0 Å². The molecule has 0 radical (unpaired) electrons. The van der Waals surface area contributed by atoms with Crippen LogP contribution in [0.3, 0.4) is 0 Å². The molecule has 0 aliphatic carbocycles. The van der Waals surface area contributed by atoms with Crippen molar-refractivity contribution >= 4 is 5.69 Å². The second-order valence-corrected chi connectivity index (χ2v) is 3.52. The average molecular weight is 197 g/mol. The number of anilines is 1. The molecule has 0 atom stereocenters. The monoisotopic (exact) mass is 197 g/mol. The summed E-state index contributed by atoms with van der Waals surface area (Å²) in [5, 5.41) is 11.9. The molecule has 1 aromatic heterocycles. The Kier molecular flexibility index (Phi) is 3.24. The van der Waals surface area contributed by atoms with E-state index in [9.17, 15) is 0 Å². The molecule has 0 spiro atoms. The Morgan fingerprint density at radius 3 is 2.43 bits per heavy atom. The topological polar surface area (TPSA) is 67.3 Å². The quantitative estimate of drug-likeness (QED) is 0.742. The Labute approximate surface area is 83.2 Å². The molecule has 0 aliphatic rings. The third kappa shape index (κ3) is 2.85. The molecular formula is C9H15N3O2. The molecule has 14 heavy (non-hydrogen) atoms. The molecule has 0 aliphatic heterocycles. The van der Waals surface area contributed by atoms with Gasteiger partial charge < -0.3 is 15.2 Å². The summed E-state index contributed by atoms with van der Waals surface area (Å²) in [6.45, 7) is 3.45. The minimum Gasteiger partial charge on any atom is -0.455 e. The third-order valence-corrected chi connectivity index (χ3v) is 1.67. The van der Waals surface area contributed by atoms with Crippen LogP contribution >= 0.6 is 0 Å². The van der Waals surface area contributed by atoms with E-state index in [1.165, 1.54) is 0 Å². The van der Waals surface area contributed by atoms with E-state index in [0.717, 1.165) is 5.69 Å². The molecule has 0 amide bonds. The second-order valence-electron chi connectivity index (χ2n) is 3.52. The predicted molar refractivity (Wildman–Crippen MR) is 53.4 cm³/mol. The Morgan fingerprint density at radius 2 is 2.00 bits per heavy atom. The van der Waals surface area contributed by atoms with Gasteiger partial charge in [-0.1, -0.05) is 0 Å². The lowest BCUT2D eigenvalue weighted by Gasteiger charge is -2.21. The summed E-state index contributed by atoms with van der Waals surface area (Å²) in [7, 11) is 1.79. The molecule has 0 bridgehead atoms. The number of nitrogens with one attached hydrogen (secondary N) is 1. The molecule has 5 nitrogen and oxygen atoms in total. The van der Waals surface area contributed by atoms with Crippen molar-refractivity contribution in [2.24, 2.45) is 0 Å². The van der Waals surface area contributed by atoms with Crippen molar-refractivity contribution in [3.8, 4) is 6.01 Å². The predicted octanol–water partition coefficient (Wildman–Crippen LogP) is 0.668. The van der Waals surface area contributed by atoms with Gasteiger partial charge in [-0.2, -0.15) is 0 Å². The van der Waals surface area contributed by atoms with E-state index in [-0.39, 0.29) is 12.6 Å². The number of hydrogen-bond donors (Lipinski definition) is 2. The third-order valence-electron chi connectivity index (χ3n) is 1.67. The van der Waals surface area contributed by atoms with E-state index in [4.69, 9.17) is 9.84 Å². The van der Waals surface area contributed by atoms with Crippen LogP contribution in [0.5, 0.6) is 6.01 Å². The summed E-state index contributed by atoms with van der Waals surface area (Å²) in [4.78, 5) is 7.95. The van der Waals surface area contributed by atoms with Crippen LogP contribution in [-0.4, -0.2) is 34.3 Å². The van der Waals surface area contributed by atoms with Crippen molar-refractivity contribution in [1.29, 1.82) is 0 Å². The average Bonchev–Trinajstić information content (AvgIpc) is 2.19. The van der Waals surface area contributed by atoms with E-state index in [1.54, 1.807) is 33.3 Å². The largest absolute Gasteiger partial charge is 0.455 e. The van der Waals surface area contributed by atoms with Gasteiger partial charge in [0.15, 0.2) is 0 Å². The van der Waals surface area contributed by atoms with Gasteiger partial charge in [0.05, 0.1) is 24.7 Å². The summed E-state index contributed by atoms with van der Waals surface area (Å²) < 4.78 is 5.35. The fourth-order valence-electron chi connectivity index (χ4n) is 0.777. The van der Waals surface area contributed by atoms with Crippen molar-refractivity contribution in [3.63, 3.8) is 0 Å². The number of aliphatic hydroxyl groups excluding tert-OH is 1. The fourth-order valence-corrected chi connectivity index (χ4v) is 0.777. The zero-order valence-corrected chi connectivity index (χ0v) is 8.61. The highest BCUT2D eigenvalue weighted by Crippen LogP contribution is 2.13. The number of aromatic nitrogens is 2. The van der Waals surface area contributed by atoms with Gasteiger partial charge >= 0.3 is 6.01 Å². The van der Waals surface area contributed by atoms with Crippen molar-refractivity contribution in [2.45, 2.75) is 19.4 Å². The van der Waals surface area contributed by atoms with Gasteiger partial charge in [-0.05, 0) is 13.8 Å². The minimum absolute atomic E-state index is 0.0792. The molecule has 0 unspecified atom stereocenters. The number of ether oxygens (including phenoxy) is 1. The summed E-state index contributed by atoms with van der Waals surface area (Å²) in [5.41, 5.74) is 0.167. The lowest BCUT2D eigenvalue weighted by atomic mass is 10.2. The first-order chi connectivity index (χ1) is 6.57. The van der Waals surface area contributed by atoms with E-state index >= 15 is 0 Å². The SMILES string of the molecule is CNc1cnc(OC(C)(C)CO)nc1. The zero-order valence-electron chi connectivity index (χ0n) is 8.61. The molecule has 0 saturated carbocycles. The molecule has 0 aromatic carbocycles. The first-order valence-corrected chi connectivity index (χ1v) is 4.37. The number of aliphatic hydroxyl groups is 1. The highest BCUT2D eigenvalue weighted by Gasteiger charge is 2.19. The lowest BCUT2D eigenvalue weighted by molar-refractivity contribution is 0.0331. The van der Waals surface area contributed by atoms with Gasteiger partial charge in [0.25, 0.3) is 0 Å². The number of rotatable bonds is 4. The molecule has 0 saturated heterocycles. The van der Waals surface area contributed by atoms with Crippen LogP contribution in [0, 0.1) is 0 Å². The molecule has 78 valence electrons. The highest BCUT2D eigenvalue weighted by atomic mass is 16.5. The van der Waals surface area contributed by atoms with Crippen LogP contribution in [0.1, 0.15) is 13.8 Å². The Balaban J connectivity index is 2.69. The molecule has 2 N–H and O–H groups in total. The maximum atomic E-state index is 8.96. The minimum atomic E-state index is -0.652. The maximum absolute atomic E-state index is 8.96. The smallest absolute Gasteiger partial charge is 0.317 e. The fraction of sp³-hybridized carbons (Fsp3) is 0.556. The van der Waals surface area contributed by atoms with Crippen LogP contribution in [0.4, 0.5) is 5.69 Å². The van der Waals surface area contributed by atoms with Crippen LogP contribution in [0.15, 0.2) is 12.4 Å². The molecular weight excluding hydrogens is 182 g/mol. The van der Waals surface area contributed by atoms with Gasteiger partial charge in [0, 0.05) is 7.05 Å². The number of hydrogen-bond acceptors (Lipinski definition) is 5. The summed E-state index contributed by atoms with van der Waals surface area (Å²) in [5.74, 6) is 0. The van der Waals surface area contributed by atoms with Crippen LogP contribution < -0.4 is 10.1 Å². The summed E-state index contributed by atoms with van der Waals surface area (Å²) in [6.07, 6.45) is 3.24. The van der Waals surface area contributed by atoms with Crippen molar-refractivity contribution in [3.05, 3.63) is 12.4 Å². The van der Waals surface area contributed by atoms with Crippen LogP contribution in [0.25, 0.3) is 0 Å². The second kappa shape index (κ2) is 4.23. The van der Waals surface area contributed by atoms with Crippen LogP contribution in [0.2, 0.25) is 0 Å². The van der Waals surface area contributed by atoms with Crippen molar-refractivity contribution in [1.82, 2.24) is 9.97 Å². The maximum Gasteiger partial charge on any atom is 0.317 e. The van der Waals surface area contributed by atoms with Crippen molar-refractivity contribution in [2.75, 3.05) is 19.0 Å². The Bertz CT molecular complexity index is 285. The molecule has 1 heterocycles. The van der Waals surface area contributed by atoms with E-state index < -0.39 is 5.60 Å². The highest BCUT2D eigenvalue weighted by molar-refractivity contribution is 5.37. The molecule has 0 fully saturated rings. The van der Waals surface area contributed by atoms with Crippen molar-refractivity contribution < 1.29 is 9.84 Å². The van der Waals surface area contributed by atoms with E-state index in [1.807, 2.05) is 0 Å². The molecule has 5 heteroatoms. The zero-order chi connectivity index (χ0) is 10.6. The van der Waals surface area contributed by atoms with Gasteiger partial charge in [0.1, 0.15) is 5.60 Å². The Morgan fingerprint density at radius 1 is 1.43 bits per heavy atom. The van der Waals surface area contributed by atoms with E-state index in [2.05, 4.69) is 15.3 Å². The lowest BCUT2D eigenvalue weighted by Crippen LogP contribution is -2.33. The van der Waals surface area contributed by atoms with Gasteiger partial charge in [0.2, 0.25) is 0 Å². The first kappa shape index (κ1) is 10.7. The Hall–Kier alpha value is -1.36. The first-order valence-electron chi connectivity index (χ1n) is 4.37. The summed E-state index contributed by atoms with van der Waals surface area (Å²) >= 11 is 0. The molecule has 1 aromatic rings.